The van der Waals surface area contributed by atoms with Gasteiger partial charge in [0.2, 0.25) is 5.89 Å². The summed E-state index contributed by atoms with van der Waals surface area (Å²) in [6.45, 7) is 0.346. The lowest BCUT2D eigenvalue weighted by Crippen LogP contribution is -2.23. The van der Waals surface area contributed by atoms with E-state index in [-0.39, 0.29) is 17.5 Å². The molecule has 0 aliphatic rings. The molecule has 1 N–H and O–H groups in total. The molecule has 6 nitrogen and oxygen atoms in total. The van der Waals surface area contributed by atoms with Gasteiger partial charge in [0.15, 0.2) is 5.69 Å². The maximum Gasteiger partial charge on any atom is 0.273 e. The first kappa shape index (κ1) is 17.8. The number of hydrogen-bond donors (Lipinski definition) is 1. The lowest BCUT2D eigenvalue weighted by atomic mass is 10.2. The summed E-state index contributed by atoms with van der Waals surface area (Å²) >= 11 is 6.02. The number of aromatic nitrogens is 1. The van der Waals surface area contributed by atoms with E-state index >= 15 is 0 Å². The molecule has 2 aromatic carbocycles. The van der Waals surface area contributed by atoms with E-state index in [1.54, 1.807) is 25.3 Å². The molecule has 0 radical (unpaired) electrons. The number of oxazole rings is 1. The summed E-state index contributed by atoms with van der Waals surface area (Å²) < 4.78 is 15.9. The number of ether oxygens (including phenoxy) is 2. The number of carbonyl (C=O) groups is 1. The van der Waals surface area contributed by atoms with Crippen molar-refractivity contribution < 1.29 is 18.7 Å². The van der Waals surface area contributed by atoms with Crippen molar-refractivity contribution >= 4 is 17.5 Å². The molecule has 1 heterocycles. The summed E-state index contributed by atoms with van der Waals surface area (Å²) in [5, 5.41) is 3.31. The minimum atomic E-state index is -0.344. The highest BCUT2D eigenvalue weighted by molar-refractivity contribution is 6.30. The van der Waals surface area contributed by atoms with Gasteiger partial charge in [0.1, 0.15) is 17.8 Å². The van der Waals surface area contributed by atoms with Gasteiger partial charge in [0.05, 0.1) is 19.8 Å². The molecule has 3 rings (SSSR count). The predicted molar refractivity (Wildman–Crippen MR) is 97.7 cm³/mol. The second-order valence-corrected chi connectivity index (χ2v) is 5.85. The smallest absolute Gasteiger partial charge is 0.273 e. The molecular weight excluding hydrogens is 356 g/mol. The molecule has 0 bridgehead atoms. The van der Waals surface area contributed by atoms with Crippen molar-refractivity contribution in [3.63, 3.8) is 0 Å². The Bertz CT molecular complexity index is 923. The third kappa shape index (κ3) is 3.97. The van der Waals surface area contributed by atoms with Gasteiger partial charge >= 0.3 is 0 Å². The van der Waals surface area contributed by atoms with E-state index in [4.69, 9.17) is 25.5 Å². The van der Waals surface area contributed by atoms with E-state index in [1.165, 1.54) is 13.4 Å². The molecule has 0 saturated carbocycles. The predicted octanol–water partition coefficient (Wildman–Crippen LogP) is 3.94. The van der Waals surface area contributed by atoms with E-state index in [0.717, 1.165) is 11.3 Å². The molecule has 0 aliphatic carbocycles. The molecule has 1 amide bonds. The average molecular weight is 373 g/mol. The SMILES string of the molecule is COc1cccc(CNC(=O)c2coc(-c3cc(Cl)ccc3OC)n2)c1. The molecular formula is C19H17ClN2O4. The number of amides is 1. The van der Waals surface area contributed by atoms with Gasteiger partial charge in [-0.3, -0.25) is 4.79 Å². The molecule has 1 aromatic heterocycles. The molecule has 134 valence electrons. The lowest BCUT2D eigenvalue weighted by Gasteiger charge is -2.06. The van der Waals surface area contributed by atoms with Crippen LogP contribution in [-0.4, -0.2) is 25.1 Å². The second kappa shape index (κ2) is 7.93. The Kier molecular flexibility index (Phi) is 5.43. The fourth-order valence-corrected chi connectivity index (χ4v) is 2.58. The standard InChI is InChI=1S/C19H17ClN2O4/c1-24-14-5-3-4-12(8-14)10-21-18(23)16-11-26-19(22-16)15-9-13(20)6-7-17(15)25-2/h3-9,11H,10H2,1-2H3,(H,21,23). The summed E-state index contributed by atoms with van der Waals surface area (Å²) in [6, 6.07) is 12.5. The van der Waals surface area contributed by atoms with E-state index in [1.807, 2.05) is 24.3 Å². The zero-order valence-corrected chi connectivity index (χ0v) is 15.0. The number of methoxy groups -OCH3 is 2. The van der Waals surface area contributed by atoms with Crippen LogP contribution in [0.25, 0.3) is 11.5 Å². The zero-order valence-electron chi connectivity index (χ0n) is 14.3. The maximum absolute atomic E-state index is 12.3. The van der Waals surface area contributed by atoms with Crippen LogP contribution in [0.15, 0.2) is 53.1 Å². The van der Waals surface area contributed by atoms with Crippen LogP contribution in [-0.2, 0) is 6.54 Å². The Morgan fingerprint density at radius 3 is 2.81 bits per heavy atom. The summed E-state index contributed by atoms with van der Waals surface area (Å²) in [7, 11) is 3.14. The van der Waals surface area contributed by atoms with E-state index < -0.39 is 0 Å². The Morgan fingerprint density at radius 1 is 1.19 bits per heavy atom. The van der Waals surface area contributed by atoms with Gasteiger partial charge in [-0.15, -0.1) is 0 Å². The van der Waals surface area contributed by atoms with Crippen molar-refractivity contribution in [3.05, 3.63) is 65.0 Å². The minimum absolute atomic E-state index is 0.171. The van der Waals surface area contributed by atoms with Crippen LogP contribution in [0.2, 0.25) is 5.02 Å². The Balaban J connectivity index is 1.73. The first-order valence-corrected chi connectivity index (χ1v) is 8.19. The Labute approximate surface area is 155 Å². The van der Waals surface area contributed by atoms with Crippen molar-refractivity contribution in [1.82, 2.24) is 10.3 Å². The molecule has 0 aliphatic heterocycles. The molecule has 26 heavy (non-hydrogen) atoms. The monoisotopic (exact) mass is 372 g/mol. The number of benzene rings is 2. The van der Waals surface area contributed by atoms with Crippen LogP contribution < -0.4 is 14.8 Å². The summed E-state index contributed by atoms with van der Waals surface area (Å²) in [6.07, 6.45) is 1.30. The van der Waals surface area contributed by atoms with Crippen molar-refractivity contribution in [3.8, 4) is 23.0 Å². The van der Waals surface area contributed by atoms with Gasteiger partial charge in [-0.2, -0.15) is 0 Å². The highest BCUT2D eigenvalue weighted by Crippen LogP contribution is 2.31. The van der Waals surface area contributed by atoms with Gasteiger partial charge < -0.3 is 19.2 Å². The van der Waals surface area contributed by atoms with Crippen molar-refractivity contribution in [2.45, 2.75) is 6.54 Å². The van der Waals surface area contributed by atoms with Gasteiger partial charge in [0.25, 0.3) is 5.91 Å². The topological polar surface area (TPSA) is 73.6 Å². The highest BCUT2D eigenvalue weighted by Gasteiger charge is 2.16. The van der Waals surface area contributed by atoms with Crippen LogP contribution in [0.1, 0.15) is 16.1 Å². The van der Waals surface area contributed by atoms with E-state index in [9.17, 15) is 4.79 Å². The highest BCUT2D eigenvalue weighted by atomic mass is 35.5. The third-order valence-corrected chi connectivity index (χ3v) is 3.95. The number of rotatable bonds is 6. The molecule has 0 unspecified atom stereocenters. The quantitative estimate of drug-likeness (QED) is 0.709. The van der Waals surface area contributed by atoms with Crippen LogP contribution >= 0.6 is 11.6 Å². The van der Waals surface area contributed by atoms with Crippen LogP contribution in [0.4, 0.5) is 0 Å². The molecule has 0 saturated heterocycles. The first-order valence-electron chi connectivity index (χ1n) is 7.81. The number of halogens is 1. The number of hydrogen-bond acceptors (Lipinski definition) is 5. The van der Waals surface area contributed by atoms with Crippen LogP contribution in [0, 0.1) is 0 Å². The van der Waals surface area contributed by atoms with Gasteiger partial charge in [-0.1, -0.05) is 23.7 Å². The average Bonchev–Trinajstić information content (AvgIpc) is 3.16. The van der Waals surface area contributed by atoms with Crippen LogP contribution in [0.5, 0.6) is 11.5 Å². The molecule has 0 atom stereocenters. The van der Waals surface area contributed by atoms with Gasteiger partial charge in [-0.05, 0) is 35.9 Å². The lowest BCUT2D eigenvalue weighted by molar-refractivity contribution is 0.0946. The zero-order chi connectivity index (χ0) is 18.5. The normalized spacial score (nSPS) is 10.4. The number of carbonyl (C=O) groups excluding carboxylic acids is 1. The summed E-state index contributed by atoms with van der Waals surface area (Å²) in [5.74, 6) is 1.20. The Morgan fingerprint density at radius 2 is 2.04 bits per heavy atom. The fraction of sp³-hybridized carbons (Fsp3) is 0.158. The molecule has 0 fully saturated rings. The molecule has 3 aromatic rings. The van der Waals surface area contributed by atoms with Crippen molar-refractivity contribution in [1.29, 1.82) is 0 Å². The number of nitrogens with zero attached hydrogens (tertiary/aromatic N) is 1. The Hall–Kier alpha value is -2.99. The van der Waals surface area contributed by atoms with Crippen LogP contribution in [0.3, 0.4) is 0 Å². The number of nitrogens with one attached hydrogen (secondary N) is 1. The van der Waals surface area contributed by atoms with E-state index in [2.05, 4.69) is 10.3 Å². The van der Waals surface area contributed by atoms with Crippen molar-refractivity contribution in [2.24, 2.45) is 0 Å². The van der Waals surface area contributed by atoms with Gasteiger partial charge in [0, 0.05) is 11.6 Å². The minimum Gasteiger partial charge on any atom is -0.497 e. The first-order chi connectivity index (χ1) is 12.6. The van der Waals surface area contributed by atoms with Gasteiger partial charge in [-0.25, -0.2) is 4.98 Å². The summed E-state index contributed by atoms with van der Waals surface area (Å²) in [5.41, 5.74) is 1.66. The summed E-state index contributed by atoms with van der Waals surface area (Å²) in [4.78, 5) is 16.6. The fourth-order valence-electron chi connectivity index (χ4n) is 2.40. The van der Waals surface area contributed by atoms with Crippen molar-refractivity contribution in [2.75, 3.05) is 14.2 Å². The largest absolute Gasteiger partial charge is 0.497 e. The maximum atomic E-state index is 12.3. The third-order valence-electron chi connectivity index (χ3n) is 3.72. The molecule has 7 heteroatoms. The second-order valence-electron chi connectivity index (χ2n) is 5.42. The molecule has 0 spiro atoms. The van der Waals surface area contributed by atoms with E-state index in [0.29, 0.717) is 22.9 Å².